The Balaban J connectivity index is 1.54. The fourth-order valence-electron chi connectivity index (χ4n) is 7.48. The first-order valence-electron chi connectivity index (χ1n) is 14.1. The lowest BCUT2D eigenvalue weighted by atomic mass is 9.51. The number of aromatic nitrogens is 1. The van der Waals surface area contributed by atoms with Gasteiger partial charge in [-0.2, -0.15) is 0 Å². The van der Waals surface area contributed by atoms with E-state index < -0.39 is 22.9 Å². The maximum absolute atomic E-state index is 14.1. The van der Waals surface area contributed by atoms with Crippen molar-refractivity contribution in [1.82, 2.24) is 10.3 Å². The van der Waals surface area contributed by atoms with Crippen LogP contribution in [-0.4, -0.2) is 51.8 Å². The first-order chi connectivity index (χ1) is 19.0. The number of H-pyrrole nitrogens is 1. The zero-order chi connectivity index (χ0) is 28.8. The summed E-state index contributed by atoms with van der Waals surface area (Å²) in [6.45, 7) is 7.88. The molecule has 3 aliphatic rings. The van der Waals surface area contributed by atoms with Crippen molar-refractivity contribution in [3.05, 3.63) is 59.8 Å². The van der Waals surface area contributed by atoms with Crippen molar-refractivity contribution in [1.29, 1.82) is 0 Å². The summed E-state index contributed by atoms with van der Waals surface area (Å²) >= 11 is 0. The monoisotopic (exact) mass is 546 g/mol. The molecule has 2 saturated heterocycles. The highest BCUT2D eigenvalue weighted by Crippen LogP contribution is 2.66. The number of aldehydes is 1. The van der Waals surface area contributed by atoms with Crippen molar-refractivity contribution < 1.29 is 29.0 Å². The van der Waals surface area contributed by atoms with Crippen molar-refractivity contribution in [2.24, 2.45) is 29.1 Å². The molecule has 8 atom stereocenters. The zero-order valence-electron chi connectivity index (χ0n) is 23.5. The molecule has 1 saturated carbocycles. The standard InChI is InChI=1S/C32H38N2O6/c1-18(14-19(2)17-35)8-7-10-23-29-31(4,40-29)20(3)28-25(15-21-16-33-24-11-6-5-9-22(21)24)34-30(39)32(23,28)26(36)12-13-27(37)38/h5-7,9-11,14,16-18,20,23,25,28-29,33H,8,12-13,15H2,1-4H3,(H,34,39)(H,37,38)/b10-7+,19-14+/t18?,20-,23-,25-,28-,29-,31+,32-/m0/s1. The number of ether oxygens (including phenoxy) is 1. The maximum Gasteiger partial charge on any atom is 0.303 e. The van der Waals surface area contributed by atoms with E-state index in [0.29, 0.717) is 18.4 Å². The van der Waals surface area contributed by atoms with Crippen molar-refractivity contribution in [3.8, 4) is 0 Å². The Labute approximate surface area is 234 Å². The summed E-state index contributed by atoms with van der Waals surface area (Å²) in [5.74, 6) is -2.63. The molecule has 1 amide bonds. The molecule has 0 radical (unpaired) electrons. The van der Waals surface area contributed by atoms with Gasteiger partial charge in [-0.05, 0) is 55.7 Å². The summed E-state index contributed by atoms with van der Waals surface area (Å²) in [4.78, 5) is 54.0. The highest BCUT2D eigenvalue weighted by atomic mass is 16.6. The van der Waals surface area contributed by atoms with Crippen LogP contribution in [0.1, 0.15) is 52.5 Å². The molecule has 0 bridgehead atoms. The molecule has 212 valence electrons. The summed E-state index contributed by atoms with van der Waals surface area (Å²) < 4.78 is 6.30. The van der Waals surface area contributed by atoms with Gasteiger partial charge in [-0.25, -0.2) is 0 Å². The largest absolute Gasteiger partial charge is 0.481 e. The minimum absolute atomic E-state index is 0.0944. The minimum atomic E-state index is -1.42. The average Bonchev–Trinajstić information content (AvgIpc) is 3.32. The number of para-hydroxylation sites is 1. The van der Waals surface area contributed by atoms with E-state index in [1.165, 1.54) is 0 Å². The number of carbonyl (C=O) groups excluding carboxylic acids is 3. The topological polar surface area (TPSA) is 129 Å². The van der Waals surface area contributed by atoms with Gasteiger partial charge in [0.2, 0.25) is 5.91 Å². The quantitative estimate of drug-likeness (QED) is 0.126. The Morgan fingerprint density at radius 1 is 1.23 bits per heavy atom. The molecule has 3 N–H and O–H groups in total. The van der Waals surface area contributed by atoms with Gasteiger partial charge in [0.15, 0.2) is 0 Å². The Morgan fingerprint density at radius 3 is 2.70 bits per heavy atom. The molecule has 40 heavy (non-hydrogen) atoms. The Bertz CT molecular complexity index is 1410. The van der Waals surface area contributed by atoms with E-state index in [-0.39, 0.29) is 54.4 Å². The third-order valence-corrected chi connectivity index (χ3v) is 9.56. The SMILES string of the molecule is C/C(C=O)=C\C(C)C/C=C/[C@H]1[C@@H]2O[C@]2(C)[C@@H](C)[C@H]2[C@H](Cc3c[nH]c4ccccc34)NC(=O)[C@@]21C(=O)CCC(=O)O. The highest BCUT2D eigenvalue weighted by molar-refractivity contribution is 6.09. The third kappa shape index (κ3) is 4.52. The van der Waals surface area contributed by atoms with Crippen LogP contribution in [0.15, 0.2) is 54.3 Å². The maximum atomic E-state index is 14.1. The lowest BCUT2D eigenvalue weighted by Crippen LogP contribution is -2.58. The van der Waals surface area contributed by atoms with Gasteiger partial charge < -0.3 is 20.1 Å². The van der Waals surface area contributed by atoms with E-state index in [2.05, 4.69) is 24.1 Å². The summed E-state index contributed by atoms with van der Waals surface area (Å²) in [6, 6.07) is 7.68. The van der Waals surface area contributed by atoms with Crippen LogP contribution in [0.5, 0.6) is 0 Å². The second kappa shape index (κ2) is 10.5. The van der Waals surface area contributed by atoms with Crippen LogP contribution in [0.3, 0.4) is 0 Å². The summed E-state index contributed by atoms with van der Waals surface area (Å²) in [6.07, 6.45) is 8.93. The molecule has 0 spiro atoms. The molecule has 1 aromatic carbocycles. The van der Waals surface area contributed by atoms with Crippen molar-refractivity contribution in [2.75, 3.05) is 0 Å². The Kier molecular flexibility index (Phi) is 7.33. The fraction of sp³-hybridized carbons (Fsp3) is 0.500. The van der Waals surface area contributed by atoms with E-state index in [4.69, 9.17) is 4.74 Å². The number of benzene rings is 1. The van der Waals surface area contributed by atoms with Gasteiger partial charge in [0.05, 0.1) is 18.1 Å². The molecular weight excluding hydrogens is 508 g/mol. The van der Waals surface area contributed by atoms with Gasteiger partial charge in [0.25, 0.3) is 0 Å². The number of hydrogen-bond acceptors (Lipinski definition) is 5. The van der Waals surface area contributed by atoms with E-state index in [9.17, 15) is 24.3 Å². The lowest BCUT2D eigenvalue weighted by molar-refractivity contribution is -0.150. The number of epoxide rings is 1. The van der Waals surface area contributed by atoms with Crippen LogP contribution < -0.4 is 5.32 Å². The zero-order valence-corrected chi connectivity index (χ0v) is 23.5. The number of aromatic amines is 1. The van der Waals surface area contributed by atoms with E-state index in [0.717, 1.165) is 22.8 Å². The molecule has 1 unspecified atom stereocenters. The summed E-state index contributed by atoms with van der Waals surface area (Å²) in [5, 5.41) is 13.7. The molecule has 8 heteroatoms. The number of aliphatic carboxylic acids is 1. The van der Waals surface area contributed by atoms with E-state index in [1.807, 2.05) is 55.6 Å². The van der Waals surface area contributed by atoms with Crippen LogP contribution in [0.2, 0.25) is 0 Å². The Hall–Kier alpha value is -3.52. The molecule has 3 fully saturated rings. The van der Waals surface area contributed by atoms with E-state index >= 15 is 0 Å². The number of nitrogens with one attached hydrogen (secondary N) is 2. The first-order valence-corrected chi connectivity index (χ1v) is 14.1. The fourth-order valence-corrected chi connectivity index (χ4v) is 7.48. The molecule has 1 aromatic heterocycles. The number of carbonyl (C=O) groups is 4. The molecule has 2 aromatic rings. The molecular formula is C32H38N2O6. The molecule has 2 aliphatic heterocycles. The number of rotatable bonds is 11. The second-order valence-electron chi connectivity index (χ2n) is 12.1. The van der Waals surface area contributed by atoms with Gasteiger partial charge in [0.1, 0.15) is 17.5 Å². The van der Waals surface area contributed by atoms with E-state index in [1.54, 1.807) is 6.92 Å². The number of amides is 1. The second-order valence-corrected chi connectivity index (χ2v) is 12.1. The molecule has 1 aliphatic carbocycles. The summed E-state index contributed by atoms with van der Waals surface area (Å²) in [7, 11) is 0. The number of Topliss-reactive ketones (excluding diaryl/α,β-unsaturated/α-hetero) is 1. The smallest absolute Gasteiger partial charge is 0.303 e. The van der Waals surface area contributed by atoms with Gasteiger partial charge in [-0.1, -0.05) is 50.3 Å². The number of ketones is 1. The molecule has 5 rings (SSSR count). The summed E-state index contributed by atoms with van der Waals surface area (Å²) in [5.41, 5.74) is 0.820. The molecule has 8 nitrogen and oxygen atoms in total. The average molecular weight is 547 g/mol. The first kappa shape index (κ1) is 28.0. The number of fused-ring (bicyclic) bond motifs is 3. The normalized spacial score (nSPS) is 33.9. The number of allylic oxidation sites excluding steroid dienone is 3. The van der Waals surface area contributed by atoms with Crippen molar-refractivity contribution in [3.63, 3.8) is 0 Å². The van der Waals surface area contributed by atoms with Gasteiger partial charge in [-0.3, -0.25) is 19.2 Å². The van der Waals surface area contributed by atoms with Gasteiger partial charge >= 0.3 is 5.97 Å². The van der Waals surface area contributed by atoms with Crippen LogP contribution >= 0.6 is 0 Å². The van der Waals surface area contributed by atoms with Crippen molar-refractivity contribution in [2.45, 2.75) is 71.1 Å². The minimum Gasteiger partial charge on any atom is -0.481 e. The number of carboxylic acids is 1. The van der Waals surface area contributed by atoms with Crippen LogP contribution in [0, 0.1) is 29.1 Å². The van der Waals surface area contributed by atoms with Gasteiger partial charge in [0, 0.05) is 41.4 Å². The Morgan fingerprint density at radius 2 is 1.98 bits per heavy atom. The van der Waals surface area contributed by atoms with Crippen LogP contribution in [0.25, 0.3) is 10.9 Å². The van der Waals surface area contributed by atoms with Crippen LogP contribution in [0.4, 0.5) is 0 Å². The van der Waals surface area contributed by atoms with Crippen molar-refractivity contribution >= 4 is 34.8 Å². The van der Waals surface area contributed by atoms with Crippen LogP contribution in [-0.2, 0) is 30.3 Å². The van der Waals surface area contributed by atoms with Gasteiger partial charge in [-0.15, -0.1) is 0 Å². The third-order valence-electron chi connectivity index (χ3n) is 9.56. The predicted molar refractivity (Wildman–Crippen MR) is 150 cm³/mol. The number of carboxylic acid groups (broad SMARTS) is 1. The lowest BCUT2D eigenvalue weighted by Gasteiger charge is -2.46. The molecule has 3 heterocycles. The highest BCUT2D eigenvalue weighted by Gasteiger charge is 2.78. The predicted octanol–water partition coefficient (Wildman–Crippen LogP) is 4.40. The number of hydrogen-bond donors (Lipinski definition) is 3.